The molecule has 1 N–H and O–H groups in total. The normalized spacial score (nSPS) is 18.4. The fourth-order valence-electron chi connectivity index (χ4n) is 2.44. The van der Waals surface area contributed by atoms with Gasteiger partial charge in [0, 0.05) is 18.4 Å². The van der Waals surface area contributed by atoms with Crippen LogP contribution in [0.5, 0.6) is 5.75 Å². The average molecular weight is 243 g/mol. The third-order valence-electron chi connectivity index (χ3n) is 3.51. The summed E-state index contributed by atoms with van der Waals surface area (Å²) < 4.78 is 7.56. The molecule has 2 aromatic rings. The van der Waals surface area contributed by atoms with Crippen LogP contribution in [0.15, 0.2) is 30.5 Å². The number of ether oxygens (including phenoxy) is 1. The molecule has 1 aromatic carbocycles. The fraction of sp³-hybridized carbons (Fsp3) is 0.357. The van der Waals surface area contributed by atoms with Crippen molar-refractivity contribution in [2.75, 3.05) is 7.11 Å². The zero-order valence-electron chi connectivity index (χ0n) is 10.7. The Hall–Kier alpha value is -1.81. The van der Waals surface area contributed by atoms with Crippen LogP contribution in [0.4, 0.5) is 0 Å². The van der Waals surface area contributed by atoms with Gasteiger partial charge in [-0.1, -0.05) is 12.1 Å². The number of aryl methyl sites for hydroxylation is 1. The second-order valence-electron chi connectivity index (χ2n) is 4.64. The summed E-state index contributed by atoms with van der Waals surface area (Å²) in [5, 5.41) is 3.52. The third kappa shape index (κ3) is 1.88. The number of aromatic nitrogens is 2. The standard InChI is InChI=1S/C14H17N3O/c1-10-7-16-14-8-15-13(9-17(10)14)11-4-3-5-12(6-11)18-2/h3-7,13,15H,8-9H2,1-2H3. The molecule has 4 heteroatoms. The van der Waals surface area contributed by atoms with Gasteiger partial charge < -0.3 is 14.6 Å². The molecule has 0 aliphatic carbocycles. The van der Waals surface area contributed by atoms with Gasteiger partial charge in [-0.2, -0.15) is 0 Å². The summed E-state index contributed by atoms with van der Waals surface area (Å²) in [5.74, 6) is 2.02. The monoisotopic (exact) mass is 243 g/mol. The molecule has 3 rings (SSSR count). The highest BCUT2D eigenvalue weighted by atomic mass is 16.5. The van der Waals surface area contributed by atoms with Crippen LogP contribution in [-0.4, -0.2) is 16.7 Å². The van der Waals surface area contributed by atoms with E-state index in [0.29, 0.717) is 6.04 Å². The minimum atomic E-state index is 0.320. The maximum absolute atomic E-state index is 5.28. The number of hydrogen-bond donors (Lipinski definition) is 1. The number of imidazole rings is 1. The molecule has 1 aliphatic rings. The number of fused-ring (bicyclic) bond motifs is 1. The van der Waals surface area contributed by atoms with Crippen molar-refractivity contribution >= 4 is 0 Å². The van der Waals surface area contributed by atoms with Gasteiger partial charge in [-0.3, -0.25) is 0 Å². The van der Waals surface area contributed by atoms with E-state index in [2.05, 4.69) is 33.9 Å². The lowest BCUT2D eigenvalue weighted by atomic mass is 10.0. The van der Waals surface area contributed by atoms with E-state index in [4.69, 9.17) is 4.74 Å². The Kier molecular flexibility index (Phi) is 2.80. The molecule has 1 aliphatic heterocycles. The van der Waals surface area contributed by atoms with Gasteiger partial charge >= 0.3 is 0 Å². The zero-order chi connectivity index (χ0) is 12.5. The summed E-state index contributed by atoms with van der Waals surface area (Å²) in [6, 6.07) is 8.55. The highest BCUT2D eigenvalue weighted by Crippen LogP contribution is 2.24. The lowest BCUT2D eigenvalue weighted by molar-refractivity contribution is 0.387. The number of nitrogens with one attached hydrogen (secondary N) is 1. The highest BCUT2D eigenvalue weighted by molar-refractivity contribution is 5.31. The lowest BCUT2D eigenvalue weighted by Crippen LogP contribution is -2.32. The first-order valence-corrected chi connectivity index (χ1v) is 6.16. The van der Waals surface area contributed by atoms with Gasteiger partial charge in [-0.25, -0.2) is 4.98 Å². The van der Waals surface area contributed by atoms with E-state index in [9.17, 15) is 0 Å². The van der Waals surface area contributed by atoms with Crippen LogP contribution in [-0.2, 0) is 13.1 Å². The molecule has 0 amide bonds. The Morgan fingerprint density at radius 1 is 1.44 bits per heavy atom. The minimum Gasteiger partial charge on any atom is -0.497 e. The first kappa shape index (κ1) is 11.3. The van der Waals surface area contributed by atoms with Gasteiger partial charge in [0.25, 0.3) is 0 Å². The Balaban J connectivity index is 1.88. The zero-order valence-corrected chi connectivity index (χ0v) is 10.7. The van der Waals surface area contributed by atoms with Crippen LogP contribution < -0.4 is 10.1 Å². The Morgan fingerprint density at radius 2 is 2.33 bits per heavy atom. The summed E-state index contributed by atoms with van der Waals surface area (Å²) in [5.41, 5.74) is 2.48. The Morgan fingerprint density at radius 3 is 3.17 bits per heavy atom. The van der Waals surface area contributed by atoms with E-state index in [1.807, 2.05) is 18.3 Å². The fourth-order valence-corrected chi connectivity index (χ4v) is 2.44. The van der Waals surface area contributed by atoms with Crippen molar-refractivity contribution in [3.63, 3.8) is 0 Å². The summed E-state index contributed by atoms with van der Waals surface area (Å²) >= 11 is 0. The van der Waals surface area contributed by atoms with E-state index in [0.717, 1.165) is 24.7 Å². The van der Waals surface area contributed by atoms with E-state index >= 15 is 0 Å². The number of rotatable bonds is 2. The van der Waals surface area contributed by atoms with Crippen molar-refractivity contribution in [2.45, 2.75) is 26.1 Å². The highest BCUT2D eigenvalue weighted by Gasteiger charge is 2.21. The number of benzene rings is 1. The number of methoxy groups -OCH3 is 1. The molecular formula is C14H17N3O. The van der Waals surface area contributed by atoms with Crippen molar-refractivity contribution in [1.29, 1.82) is 0 Å². The van der Waals surface area contributed by atoms with Crippen LogP contribution in [0.2, 0.25) is 0 Å². The number of nitrogens with zero attached hydrogens (tertiary/aromatic N) is 2. The average Bonchev–Trinajstić information content (AvgIpc) is 2.80. The maximum Gasteiger partial charge on any atom is 0.122 e. The molecule has 0 radical (unpaired) electrons. The van der Waals surface area contributed by atoms with E-state index in [1.54, 1.807) is 7.11 Å². The topological polar surface area (TPSA) is 39.1 Å². The number of hydrogen-bond acceptors (Lipinski definition) is 3. The summed E-state index contributed by atoms with van der Waals surface area (Å²) in [7, 11) is 1.70. The van der Waals surface area contributed by atoms with E-state index in [-0.39, 0.29) is 0 Å². The third-order valence-corrected chi connectivity index (χ3v) is 3.51. The molecule has 94 valence electrons. The molecule has 0 fully saturated rings. The summed E-state index contributed by atoms with van der Waals surface area (Å²) in [6.45, 7) is 3.84. The van der Waals surface area contributed by atoms with E-state index < -0.39 is 0 Å². The first-order chi connectivity index (χ1) is 8.78. The molecule has 0 saturated heterocycles. The predicted molar refractivity (Wildman–Crippen MR) is 69.5 cm³/mol. The van der Waals surface area contributed by atoms with Crippen LogP contribution >= 0.6 is 0 Å². The molecule has 1 atom stereocenters. The molecule has 0 bridgehead atoms. The molecule has 1 unspecified atom stereocenters. The van der Waals surface area contributed by atoms with Gasteiger partial charge in [0.05, 0.1) is 19.7 Å². The van der Waals surface area contributed by atoms with Gasteiger partial charge in [0.1, 0.15) is 11.6 Å². The molecule has 0 spiro atoms. The quantitative estimate of drug-likeness (QED) is 0.877. The molecular weight excluding hydrogens is 226 g/mol. The van der Waals surface area contributed by atoms with Gasteiger partial charge in [0.2, 0.25) is 0 Å². The van der Waals surface area contributed by atoms with Gasteiger partial charge in [-0.15, -0.1) is 0 Å². The van der Waals surface area contributed by atoms with Gasteiger partial charge in [-0.05, 0) is 24.6 Å². The molecule has 1 aromatic heterocycles. The smallest absolute Gasteiger partial charge is 0.122 e. The Bertz CT molecular complexity index is 562. The predicted octanol–water partition coefficient (Wildman–Crippen LogP) is 2.04. The molecule has 0 saturated carbocycles. The van der Waals surface area contributed by atoms with Crippen LogP contribution in [0, 0.1) is 6.92 Å². The SMILES string of the molecule is COc1cccc(C2Cn3c(C)cnc3CN2)c1. The van der Waals surface area contributed by atoms with Crippen molar-refractivity contribution in [3.8, 4) is 5.75 Å². The van der Waals surface area contributed by atoms with Crippen molar-refractivity contribution < 1.29 is 4.74 Å². The largest absolute Gasteiger partial charge is 0.497 e. The Labute approximate surface area is 107 Å². The van der Waals surface area contributed by atoms with Crippen molar-refractivity contribution in [3.05, 3.63) is 47.5 Å². The lowest BCUT2D eigenvalue weighted by Gasteiger charge is -2.26. The first-order valence-electron chi connectivity index (χ1n) is 6.16. The van der Waals surface area contributed by atoms with Crippen LogP contribution in [0.25, 0.3) is 0 Å². The second-order valence-corrected chi connectivity index (χ2v) is 4.64. The van der Waals surface area contributed by atoms with Crippen molar-refractivity contribution in [2.24, 2.45) is 0 Å². The summed E-state index contributed by atoms with van der Waals surface area (Å²) in [6.07, 6.45) is 1.94. The van der Waals surface area contributed by atoms with Crippen LogP contribution in [0.3, 0.4) is 0 Å². The minimum absolute atomic E-state index is 0.320. The summed E-state index contributed by atoms with van der Waals surface area (Å²) in [4.78, 5) is 4.39. The van der Waals surface area contributed by atoms with E-state index in [1.165, 1.54) is 11.3 Å². The second kappa shape index (κ2) is 4.46. The maximum atomic E-state index is 5.28. The molecule has 18 heavy (non-hydrogen) atoms. The molecule has 4 nitrogen and oxygen atoms in total. The van der Waals surface area contributed by atoms with Crippen molar-refractivity contribution in [1.82, 2.24) is 14.9 Å². The molecule has 2 heterocycles. The van der Waals surface area contributed by atoms with Gasteiger partial charge in [0.15, 0.2) is 0 Å². The van der Waals surface area contributed by atoms with Crippen LogP contribution in [0.1, 0.15) is 23.1 Å².